The van der Waals surface area contributed by atoms with E-state index in [2.05, 4.69) is 4.98 Å². The molecule has 0 radical (unpaired) electrons. The molecular formula is C17H18N2O3. The molecule has 0 aliphatic carbocycles. The van der Waals surface area contributed by atoms with Crippen LogP contribution in [0.5, 0.6) is 0 Å². The van der Waals surface area contributed by atoms with E-state index in [1.165, 1.54) is 0 Å². The third-order valence-electron chi connectivity index (χ3n) is 4.26. The van der Waals surface area contributed by atoms with Crippen LogP contribution in [0.2, 0.25) is 0 Å². The number of aromatic nitrogens is 1. The molecule has 1 N–H and O–H groups in total. The van der Waals surface area contributed by atoms with Crippen LogP contribution in [0.25, 0.3) is 10.8 Å². The van der Waals surface area contributed by atoms with E-state index in [9.17, 15) is 9.59 Å². The molecule has 22 heavy (non-hydrogen) atoms. The third-order valence-corrected chi connectivity index (χ3v) is 4.26. The topological polar surface area (TPSA) is 70.5 Å². The van der Waals surface area contributed by atoms with Crippen molar-refractivity contribution in [3.8, 4) is 0 Å². The largest absolute Gasteiger partial charge is 0.481 e. The molecule has 1 saturated heterocycles. The molecule has 3 rings (SSSR count). The van der Waals surface area contributed by atoms with Crippen molar-refractivity contribution in [3.63, 3.8) is 0 Å². The maximum atomic E-state index is 12.7. The van der Waals surface area contributed by atoms with Gasteiger partial charge >= 0.3 is 5.97 Å². The lowest BCUT2D eigenvalue weighted by Crippen LogP contribution is -2.39. The van der Waals surface area contributed by atoms with Gasteiger partial charge in [-0.05, 0) is 24.1 Å². The first-order valence-electron chi connectivity index (χ1n) is 7.49. The second kappa shape index (κ2) is 6.13. The van der Waals surface area contributed by atoms with Crippen LogP contribution in [0.1, 0.15) is 29.6 Å². The van der Waals surface area contributed by atoms with E-state index in [1.807, 2.05) is 29.2 Å². The lowest BCUT2D eigenvalue weighted by molar-refractivity contribution is -0.138. The van der Waals surface area contributed by atoms with Crippen LogP contribution in [0.3, 0.4) is 0 Å². The summed E-state index contributed by atoms with van der Waals surface area (Å²) < 4.78 is 0. The number of likely N-dealkylation sites (tertiary alicyclic amines) is 1. The number of rotatable bonds is 3. The molecule has 1 aliphatic rings. The summed E-state index contributed by atoms with van der Waals surface area (Å²) in [6.07, 6.45) is 5.06. The average Bonchev–Trinajstić information content (AvgIpc) is 2.54. The zero-order valence-electron chi connectivity index (χ0n) is 12.2. The molecule has 0 spiro atoms. The van der Waals surface area contributed by atoms with Crippen LogP contribution in [-0.4, -0.2) is 40.0 Å². The predicted octanol–water partition coefficient (Wildman–Crippen LogP) is 2.56. The van der Waals surface area contributed by atoms with Crippen molar-refractivity contribution in [2.45, 2.75) is 19.3 Å². The highest BCUT2D eigenvalue weighted by Crippen LogP contribution is 2.24. The van der Waals surface area contributed by atoms with Gasteiger partial charge in [0, 0.05) is 37.3 Å². The lowest BCUT2D eigenvalue weighted by atomic mass is 9.93. The molecule has 2 heterocycles. The summed E-state index contributed by atoms with van der Waals surface area (Å²) in [5.74, 6) is -0.603. The van der Waals surface area contributed by atoms with Crippen LogP contribution in [0.4, 0.5) is 0 Å². The van der Waals surface area contributed by atoms with Gasteiger partial charge in [-0.15, -0.1) is 0 Å². The second-order valence-corrected chi connectivity index (χ2v) is 5.74. The lowest BCUT2D eigenvalue weighted by Gasteiger charge is -2.31. The minimum absolute atomic E-state index is 0.0157. The van der Waals surface area contributed by atoms with Gasteiger partial charge in [0.1, 0.15) is 0 Å². The fourth-order valence-electron chi connectivity index (χ4n) is 3.04. The molecule has 0 atom stereocenters. The highest BCUT2D eigenvalue weighted by Gasteiger charge is 2.25. The Bertz CT molecular complexity index is 701. The zero-order valence-corrected chi connectivity index (χ0v) is 12.2. The molecule has 114 valence electrons. The van der Waals surface area contributed by atoms with E-state index in [-0.39, 0.29) is 18.2 Å². The molecule has 1 aromatic heterocycles. The number of fused-ring (bicyclic) bond motifs is 1. The number of hydrogen-bond donors (Lipinski definition) is 1. The zero-order chi connectivity index (χ0) is 15.5. The summed E-state index contributed by atoms with van der Waals surface area (Å²) >= 11 is 0. The molecule has 1 aromatic carbocycles. The Labute approximate surface area is 128 Å². The van der Waals surface area contributed by atoms with Gasteiger partial charge in [-0.3, -0.25) is 14.6 Å². The summed E-state index contributed by atoms with van der Waals surface area (Å²) in [7, 11) is 0. The van der Waals surface area contributed by atoms with E-state index in [4.69, 9.17) is 5.11 Å². The van der Waals surface area contributed by atoms with Crippen molar-refractivity contribution < 1.29 is 14.7 Å². The number of hydrogen-bond acceptors (Lipinski definition) is 3. The minimum Gasteiger partial charge on any atom is -0.481 e. The van der Waals surface area contributed by atoms with E-state index < -0.39 is 5.97 Å². The molecule has 0 unspecified atom stereocenters. The number of carbonyl (C=O) groups is 2. The van der Waals surface area contributed by atoms with Gasteiger partial charge in [-0.2, -0.15) is 0 Å². The first-order valence-corrected chi connectivity index (χ1v) is 7.49. The summed E-state index contributed by atoms with van der Waals surface area (Å²) in [6.45, 7) is 1.22. The number of nitrogens with zero attached hydrogens (tertiary/aromatic N) is 2. The molecule has 2 aromatic rings. The number of aliphatic carboxylic acids is 1. The van der Waals surface area contributed by atoms with Crippen LogP contribution < -0.4 is 0 Å². The van der Waals surface area contributed by atoms with Crippen molar-refractivity contribution in [2.24, 2.45) is 5.92 Å². The summed E-state index contributed by atoms with van der Waals surface area (Å²) in [6, 6.07) is 7.72. The first-order chi connectivity index (χ1) is 10.6. The van der Waals surface area contributed by atoms with E-state index in [1.54, 1.807) is 12.4 Å². The number of piperidine rings is 1. The Morgan fingerprint density at radius 2 is 1.91 bits per heavy atom. The van der Waals surface area contributed by atoms with Crippen molar-refractivity contribution >= 4 is 22.6 Å². The van der Waals surface area contributed by atoms with Crippen molar-refractivity contribution in [2.75, 3.05) is 13.1 Å². The Kier molecular flexibility index (Phi) is 4.04. The SMILES string of the molecule is O=C(O)CC1CCN(C(=O)c2cncc3ccccc23)CC1. The standard InChI is InChI=1S/C17H18N2O3/c20-16(21)9-12-5-7-19(8-6-12)17(22)15-11-18-10-13-3-1-2-4-14(13)15/h1-4,10-12H,5-9H2,(H,20,21). The van der Waals surface area contributed by atoms with Gasteiger partial charge in [-0.1, -0.05) is 24.3 Å². The van der Waals surface area contributed by atoms with E-state index in [0.29, 0.717) is 18.7 Å². The van der Waals surface area contributed by atoms with Gasteiger partial charge in [0.05, 0.1) is 5.56 Å². The summed E-state index contributed by atoms with van der Waals surface area (Å²) in [5.41, 5.74) is 0.620. The molecule has 0 bridgehead atoms. The Morgan fingerprint density at radius 1 is 1.18 bits per heavy atom. The smallest absolute Gasteiger partial charge is 0.303 e. The molecule has 1 amide bonds. The summed E-state index contributed by atoms with van der Waals surface area (Å²) in [4.78, 5) is 29.4. The maximum Gasteiger partial charge on any atom is 0.303 e. The fraction of sp³-hybridized carbons (Fsp3) is 0.353. The van der Waals surface area contributed by atoms with E-state index >= 15 is 0 Å². The van der Waals surface area contributed by atoms with Crippen LogP contribution in [0.15, 0.2) is 36.7 Å². The molecular weight excluding hydrogens is 280 g/mol. The third kappa shape index (κ3) is 2.93. The monoisotopic (exact) mass is 298 g/mol. The minimum atomic E-state index is -0.761. The number of benzene rings is 1. The number of carboxylic acid groups (broad SMARTS) is 1. The van der Waals surface area contributed by atoms with Gasteiger partial charge in [-0.25, -0.2) is 0 Å². The average molecular weight is 298 g/mol. The van der Waals surface area contributed by atoms with Gasteiger partial charge in [0.15, 0.2) is 0 Å². The predicted molar refractivity (Wildman–Crippen MR) is 82.6 cm³/mol. The van der Waals surface area contributed by atoms with Crippen molar-refractivity contribution in [3.05, 3.63) is 42.2 Å². The van der Waals surface area contributed by atoms with Crippen LogP contribution in [-0.2, 0) is 4.79 Å². The molecule has 1 aliphatic heterocycles. The normalized spacial score (nSPS) is 15.9. The van der Waals surface area contributed by atoms with Crippen molar-refractivity contribution in [1.82, 2.24) is 9.88 Å². The van der Waals surface area contributed by atoms with Gasteiger partial charge < -0.3 is 10.0 Å². The number of carbonyl (C=O) groups excluding carboxylic acids is 1. The van der Waals surface area contributed by atoms with Crippen LogP contribution >= 0.6 is 0 Å². The van der Waals surface area contributed by atoms with Gasteiger partial charge in [0.2, 0.25) is 0 Å². The van der Waals surface area contributed by atoms with Gasteiger partial charge in [0.25, 0.3) is 5.91 Å². The number of amides is 1. The molecule has 0 saturated carbocycles. The maximum absolute atomic E-state index is 12.7. The highest BCUT2D eigenvalue weighted by molar-refractivity contribution is 6.06. The molecule has 1 fully saturated rings. The van der Waals surface area contributed by atoms with Crippen LogP contribution in [0, 0.1) is 5.92 Å². The quantitative estimate of drug-likeness (QED) is 0.945. The fourth-order valence-corrected chi connectivity index (χ4v) is 3.04. The Morgan fingerprint density at radius 3 is 2.64 bits per heavy atom. The first kappa shape index (κ1) is 14.5. The number of carboxylic acids is 1. The second-order valence-electron chi connectivity index (χ2n) is 5.74. The molecule has 5 nitrogen and oxygen atoms in total. The Hall–Kier alpha value is -2.43. The summed E-state index contributed by atoms with van der Waals surface area (Å²) in [5, 5.41) is 10.7. The number of pyridine rings is 1. The highest BCUT2D eigenvalue weighted by atomic mass is 16.4. The molecule has 5 heteroatoms. The van der Waals surface area contributed by atoms with E-state index in [0.717, 1.165) is 23.6 Å². The van der Waals surface area contributed by atoms with Crippen molar-refractivity contribution in [1.29, 1.82) is 0 Å². The Balaban J connectivity index is 1.76.